The third-order valence-corrected chi connectivity index (χ3v) is 6.02. The number of thioether (sulfide) groups is 1. The van der Waals surface area contributed by atoms with Gasteiger partial charge in [0.25, 0.3) is 0 Å². The Morgan fingerprint density at radius 3 is 2.35 bits per heavy atom. The van der Waals surface area contributed by atoms with Crippen molar-refractivity contribution in [1.29, 1.82) is 0 Å². The largest absolute Gasteiger partial charge is 0.352 e. The van der Waals surface area contributed by atoms with E-state index < -0.39 is 0 Å². The van der Waals surface area contributed by atoms with Crippen molar-refractivity contribution in [3.05, 3.63) is 0 Å². The lowest BCUT2D eigenvalue weighted by atomic mass is 9.87. The fraction of sp³-hybridized carbons (Fsp3) is 0.889. The van der Waals surface area contributed by atoms with Crippen LogP contribution in [0.4, 0.5) is 0 Å². The highest BCUT2D eigenvalue weighted by Gasteiger charge is 2.43. The smallest absolute Gasteiger partial charge is 0.243 e. The molecule has 5 heteroatoms. The molecule has 23 heavy (non-hydrogen) atoms. The van der Waals surface area contributed by atoms with Gasteiger partial charge in [0, 0.05) is 17.7 Å². The Bertz CT molecular complexity index is 419. The molecule has 2 rings (SSSR count). The maximum Gasteiger partial charge on any atom is 0.243 e. The number of hydrogen-bond donors (Lipinski definition) is 1. The number of amides is 2. The molecular weight excluding hydrogens is 308 g/mol. The lowest BCUT2D eigenvalue weighted by molar-refractivity contribution is -0.144. The quantitative estimate of drug-likeness (QED) is 0.834. The second-order valence-electron chi connectivity index (χ2n) is 7.68. The average Bonchev–Trinajstić information content (AvgIpc) is 2.89. The maximum atomic E-state index is 13.1. The van der Waals surface area contributed by atoms with E-state index >= 15 is 0 Å². The minimum absolute atomic E-state index is 0.0166. The van der Waals surface area contributed by atoms with Crippen molar-refractivity contribution in [2.24, 2.45) is 11.8 Å². The van der Waals surface area contributed by atoms with Crippen molar-refractivity contribution in [3.63, 3.8) is 0 Å². The van der Waals surface area contributed by atoms with E-state index in [0.29, 0.717) is 5.92 Å². The van der Waals surface area contributed by atoms with Gasteiger partial charge in [-0.05, 0) is 39.0 Å². The number of nitrogens with zero attached hydrogens (tertiary/aromatic N) is 1. The summed E-state index contributed by atoms with van der Waals surface area (Å²) < 4.78 is 0. The first-order valence-corrected chi connectivity index (χ1v) is 10.2. The van der Waals surface area contributed by atoms with Crippen molar-refractivity contribution in [2.75, 3.05) is 5.75 Å². The van der Waals surface area contributed by atoms with E-state index in [4.69, 9.17) is 0 Å². The highest BCUT2D eigenvalue weighted by molar-refractivity contribution is 8.00. The molecule has 4 nitrogen and oxygen atoms in total. The summed E-state index contributed by atoms with van der Waals surface area (Å²) >= 11 is 1.78. The van der Waals surface area contributed by atoms with Crippen LogP contribution in [0, 0.1) is 11.8 Å². The monoisotopic (exact) mass is 340 g/mol. The molecule has 1 aliphatic heterocycles. The van der Waals surface area contributed by atoms with Crippen LogP contribution in [-0.4, -0.2) is 39.9 Å². The normalized spacial score (nSPS) is 26.1. The lowest BCUT2D eigenvalue weighted by Crippen LogP contribution is -2.53. The first kappa shape index (κ1) is 18.6. The fourth-order valence-corrected chi connectivity index (χ4v) is 5.24. The van der Waals surface area contributed by atoms with Crippen LogP contribution in [-0.2, 0) is 9.59 Å². The summed E-state index contributed by atoms with van der Waals surface area (Å²) in [5, 5.41) is 3.16. The molecule has 0 aromatic rings. The number of hydrogen-bond acceptors (Lipinski definition) is 3. The van der Waals surface area contributed by atoms with Gasteiger partial charge >= 0.3 is 0 Å². The predicted molar refractivity (Wildman–Crippen MR) is 96.2 cm³/mol. The average molecular weight is 341 g/mol. The van der Waals surface area contributed by atoms with E-state index in [1.165, 1.54) is 6.42 Å². The maximum absolute atomic E-state index is 13.1. The van der Waals surface area contributed by atoms with Gasteiger partial charge < -0.3 is 10.2 Å². The van der Waals surface area contributed by atoms with Crippen LogP contribution >= 0.6 is 11.8 Å². The summed E-state index contributed by atoms with van der Waals surface area (Å²) in [5.74, 6) is 1.63. The molecule has 1 saturated heterocycles. The molecule has 0 aromatic carbocycles. The van der Waals surface area contributed by atoms with Gasteiger partial charge in [-0.15, -0.1) is 11.8 Å². The third-order valence-electron chi connectivity index (χ3n) is 4.71. The van der Waals surface area contributed by atoms with Crippen molar-refractivity contribution >= 4 is 23.6 Å². The Hall–Kier alpha value is -0.710. The molecule has 2 unspecified atom stereocenters. The molecule has 2 fully saturated rings. The zero-order chi connectivity index (χ0) is 17.0. The minimum atomic E-state index is -0.291. The van der Waals surface area contributed by atoms with Crippen molar-refractivity contribution < 1.29 is 9.59 Å². The predicted octanol–water partition coefficient (Wildman–Crippen LogP) is 3.41. The molecule has 2 atom stereocenters. The van der Waals surface area contributed by atoms with Gasteiger partial charge in [0.2, 0.25) is 11.8 Å². The van der Waals surface area contributed by atoms with Gasteiger partial charge in [-0.25, -0.2) is 0 Å². The summed E-state index contributed by atoms with van der Waals surface area (Å²) in [6.07, 6.45) is 6.49. The van der Waals surface area contributed by atoms with E-state index in [-0.39, 0.29) is 35.2 Å². The zero-order valence-electron chi connectivity index (χ0n) is 15.0. The van der Waals surface area contributed by atoms with Gasteiger partial charge in [0.05, 0.1) is 5.37 Å². The Balaban J connectivity index is 2.13. The molecule has 2 amide bonds. The second kappa shape index (κ2) is 8.41. The van der Waals surface area contributed by atoms with Crippen molar-refractivity contribution in [1.82, 2.24) is 10.2 Å². The number of nitrogens with one attached hydrogen (secondary N) is 1. The molecule has 132 valence electrons. The molecule has 1 aliphatic carbocycles. The minimum Gasteiger partial charge on any atom is -0.352 e. The van der Waals surface area contributed by atoms with Gasteiger partial charge in [-0.3, -0.25) is 9.59 Å². The van der Waals surface area contributed by atoms with E-state index in [1.54, 1.807) is 11.8 Å². The Morgan fingerprint density at radius 2 is 1.78 bits per heavy atom. The van der Waals surface area contributed by atoms with Gasteiger partial charge in [-0.2, -0.15) is 0 Å². The van der Waals surface area contributed by atoms with E-state index in [2.05, 4.69) is 19.2 Å². The van der Waals surface area contributed by atoms with Gasteiger partial charge in [0.1, 0.15) is 6.04 Å². The van der Waals surface area contributed by atoms with Gasteiger partial charge in [-0.1, -0.05) is 33.1 Å². The zero-order valence-corrected chi connectivity index (χ0v) is 15.8. The summed E-state index contributed by atoms with van der Waals surface area (Å²) in [7, 11) is 0. The molecule has 0 radical (unpaired) electrons. The third kappa shape index (κ3) is 4.88. The lowest BCUT2D eigenvalue weighted by Gasteiger charge is -2.34. The topological polar surface area (TPSA) is 49.4 Å². The summed E-state index contributed by atoms with van der Waals surface area (Å²) in [6.45, 7) is 8.31. The highest BCUT2D eigenvalue weighted by Crippen LogP contribution is 2.37. The molecule has 0 spiro atoms. The molecule has 1 N–H and O–H groups in total. The van der Waals surface area contributed by atoms with Crippen LogP contribution < -0.4 is 5.32 Å². The van der Waals surface area contributed by atoms with Gasteiger partial charge in [0.15, 0.2) is 0 Å². The standard InChI is InChI=1S/C18H32N2O2S/c1-12(2)10-16-20(18(22)14-8-6-5-7-9-14)15(11-23-16)17(21)19-13(3)4/h12-16H,5-11H2,1-4H3,(H,19,21). The molecule has 0 bridgehead atoms. The molecular formula is C18H32N2O2S. The first-order chi connectivity index (χ1) is 10.9. The second-order valence-corrected chi connectivity index (χ2v) is 8.89. The first-order valence-electron chi connectivity index (χ1n) is 9.14. The Labute approximate surface area is 145 Å². The van der Waals surface area contributed by atoms with E-state index in [0.717, 1.165) is 37.9 Å². The SMILES string of the molecule is CC(C)CC1SCC(C(=O)NC(C)C)N1C(=O)C1CCCCC1. The van der Waals surface area contributed by atoms with Crippen LogP contribution in [0.5, 0.6) is 0 Å². The van der Waals surface area contributed by atoms with Crippen LogP contribution in [0.2, 0.25) is 0 Å². The summed E-state index contributed by atoms with van der Waals surface area (Å²) in [4.78, 5) is 27.6. The summed E-state index contributed by atoms with van der Waals surface area (Å²) in [5.41, 5.74) is 0. The number of carbonyl (C=O) groups excluding carboxylic acids is 2. The molecule has 1 saturated carbocycles. The van der Waals surface area contributed by atoms with Crippen LogP contribution in [0.1, 0.15) is 66.2 Å². The van der Waals surface area contributed by atoms with Crippen LogP contribution in [0.3, 0.4) is 0 Å². The molecule has 0 aromatic heterocycles. The van der Waals surface area contributed by atoms with Crippen molar-refractivity contribution in [2.45, 2.75) is 83.7 Å². The van der Waals surface area contributed by atoms with E-state index in [1.807, 2.05) is 18.7 Å². The molecule has 1 heterocycles. The van der Waals surface area contributed by atoms with Crippen LogP contribution in [0.15, 0.2) is 0 Å². The fourth-order valence-electron chi connectivity index (χ4n) is 3.59. The van der Waals surface area contributed by atoms with Crippen molar-refractivity contribution in [3.8, 4) is 0 Å². The molecule has 2 aliphatic rings. The number of carbonyl (C=O) groups is 2. The van der Waals surface area contributed by atoms with Crippen LogP contribution in [0.25, 0.3) is 0 Å². The Morgan fingerprint density at radius 1 is 1.13 bits per heavy atom. The summed E-state index contributed by atoms with van der Waals surface area (Å²) in [6, 6.07) is -0.177. The Kier molecular flexibility index (Phi) is 6.81. The van der Waals surface area contributed by atoms with E-state index in [9.17, 15) is 9.59 Å². The number of rotatable bonds is 5. The highest BCUT2D eigenvalue weighted by atomic mass is 32.2.